The third kappa shape index (κ3) is 6.72. The van der Waals surface area contributed by atoms with E-state index in [9.17, 15) is 14.4 Å². The number of benzene rings is 1. The lowest BCUT2D eigenvalue weighted by molar-refractivity contribution is -0.121. The summed E-state index contributed by atoms with van der Waals surface area (Å²) < 4.78 is 0. The first-order valence-electron chi connectivity index (χ1n) is 8.38. The minimum absolute atomic E-state index is 0.139. The van der Waals surface area contributed by atoms with Crippen molar-refractivity contribution in [3.63, 3.8) is 0 Å². The van der Waals surface area contributed by atoms with E-state index in [-0.39, 0.29) is 43.1 Å². The normalized spacial score (nSPS) is 11.3. The molecule has 0 aliphatic rings. The SMILES string of the molecule is C[C@@H](CC(=O)NCCC(=O)Nc1ccccn1)NC(=O)c1ccccc1. The molecule has 2 aromatic rings. The number of anilines is 1. The Morgan fingerprint density at radius 3 is 2.42 bits per heavy atom. The molecule has 7 nitrogen and oxygen atoms in total. The Labute approximate surface area is 152 Å². The summed E-state index contributed by atoms with van der Waals surface area (Å²) in [6.07, 6.45) is 1.87. The summed E-state index contributed by atoms with van der Waals surface area (Å²) >= 11 is 0. The summed E-state index contributed by atoms with van der Waals surface area (Å²) in [5.41, 5.74) is 0.547. The maximum atomic E-state index is 12.0. The van der Waals surface area contributed by atoms with Gasteiger partial charge in [0.25, 0.3) is 5.91 Å². The van der Waals surface area contributed by atoms with E-state index in [0.29, 0.717) is 11.4 Å². The van der Waals surface area contributed by atoms with Crippen LogP contribution in [-0.4, -0.2) is 35.3 Å². The van der Waals surface area contributed by atoms with Gasteiger partial charge in [0.1, 0.15) is 5.82 Å². The van der Waals surface area contributed by atoms with Gasteiger partial charge in [-0.3, -0.25) is 14.4 Å². The van der Waals surface area contributed by atoms with Gasteiger partial charge in [-0.1, -0.05) is 24.3 Å². The van der Waals surface area contributed by atoms with Gasteiger partial charge in [0.05, 0.1) is 0 Å². The molecule has 0 bridgehead atoms. The van der Waals surface area contributed by atoms with Crippen LogP contribution < -0.4 is 16.0 Å². The molecule has 7 heteroatoms. The molecule has 2 rings (SSSR count). The van der Waals surface area contributed by atoms with Crippen molar-refractivity contribution in [1.82, 2.24) is 15.6 Å². The first-order valence-corrected chi connectivity index (χ1v) is 8.38. The number of hydrogen-bond acceptors (Lipinski definition) is 4. The van der Waals surface area contributed by atoms with Crippen LogP contribution in [0.1, 0.15) is 30.1 Å². The number of aromatic nitrogens is 1. The number of carbonyl (C=O) groups is 3. The van der Waals surface area contributed by atoms with Gasteiger partial charge in [0.15, 0.2) is 0 Å². The lowest BCUT2D eigenvalue weighted by atomic mass is 10.1. The highest BCUT2D eigenvalue weighted by molar-refractivity contribution is 5.94. The standard InChI is InChI=1S/C19H22N4O3/c1-14(22-19(26)15-7-3-2-4-8-15)13-18(25)21-12-10-17(24)23-16-9-5-6-11-20-16/h2-9,11,14H,10,12-13H2,1H3,(H,21,25)(H,22,26)(H,20,23,24)/t14-/m0/s1. The van der Waals surface area contributed by atoms with E-state index in [2.05, 4.69) is 20.9 Å². The van der Waals surface area contributed by atoms with Gasteiger partial charge in [-0.15, -0.1) is 0 Å². The molecule has 1 aromatic carbocycles. The van der Waals surface area contributed by atoms with Gasteiger partial charge in [-0.05, 0) is 31.2 Å². The average Bonchev–Trinajstić information content (AvgIpc) is 2.63. The molecule has 3 amide bonds. The Bertz CT molecular complexity index is 735. The van der Waals surface area contributed by atoms with Crippen LogP contribution in [0.15, 0.2) is 54.7 Å². The van der Waals surface area contributed by atoms with Crippen LogP contribution in [0.3, 0.4) is 0 Å². The van der Waals surface area contributed by atoms with Gasteiger partial charge in [0.2, 0.25) is 11.8 Å². The molecule has 0 saturated carbocycles. The largest absolute Gasteiger partial charge is 0.356 e. The van der Waals surface area contributed by atoms with Gasteiger partial charge >= 0.3 is 0 Å². The molecule has 0 aliphatic carbocycles. The topological polar surface area (TPSA) is 100 Å². The van der Waals surface area contributed by atoms with Crippen LogP contribution in [0.25, 0.3) is 0 Å². The smallest absolute Gasteiger partial charge is 0.251 e. The average molecular weight is 354 g/mol. The summed E-state index contributed by atoms with van der Waals surface area (Å²) in [6, 6.07) is 13.7. The molecule has 1 aromatic heterocycles. The van der Waals surface area contributed by atoms with Gasteiger partial charge in [-0.25, -0.2) is 4.98 Å². The van der Waals surface area contributed by atoms with Crippen LogP contribution in [-0.2, 0) is 9.59 Å². The van der Waals surface area contributed by atoms with Crippen molar-refractivity contribution < 1.29 is 14.4 Å². The quantitative estimate of drug-likeness (QED) is 0.672. The van der Waals surface area contributed by atoms with Crippen LogP contribution in [0.2, 0.25) is 0 Å². The van der Waals surface area contributed by atoms with Gasteiger partial charge < -0.3 is 16.0 Å². The van der Waals surface area contributed by atoms with Crippen molar-refractivity contribution in [1.29, 1.82) is 0 Å². The second kappa shape index (κ2) is 9.93. The van der Waals surface area contributed by atoms with Crippen LogP contribution in [0, 0.1) is 0 Å². The predicted octanol–water partition coefficient (Wildman–Crippen LogP) is 1.73. The molecular formula is C19H22N4O3. The maximum Gasteiger partial charge on any atom is 0.251 e. The van der Waals surface area contributed by atoms with Crippen molar-refractivity contribution in [2.24, 2.45) is 0 Å². The fraction of sp³-hybridized carbons (Fsp3) is 0.263. The summed E-state index contributed by atoms with van der Waals surface area (Å²) in [5.74, 6) is -0.201. The number of nitrogens with zero attached hydrogens (tertiary/aromatic N) is 1. The molecule has 1 atom stereocenters. The van der Waals surface area contributed by atoms with Gasteiger partial charge in [-0.2, -0.15) is 0 Å². The monoisotopic (exact) mass is 354 g/mol. The van der Waals surface area contributed by atoms with Crippen LogP contribution >= 0.6 is 0 Å². The molecule has 0 fully saturated rings. The number of carbonyl (C=O) groups excluding carboxylic acids is 3. The zero-order valence-corrected chi connectivity index (χ0v) is 14.6. The Kier molecular flexibility index (Phi) is 7.30. The fourth-order valence-electron chi connectivity index (χ4n) is 2.26. The minimum Gasteiger partial charge on any atom is -0.356 e. The van der Waals surface area contributed by atoms with Crippen molar-refractivity contribution in [3.05, 3.63) is 60.3 Å². The third-order valence-corrected chi connectivity index (χ3v) is 3.51. The lowest BCUT2D eigenvalue weighted by Crippen LogP contribution is -2.38. The predicted molar refractivity (Wildman–Crippen MR) is 98.5 cm³/mol. The summed E-state index contributed by atoms with van der Waals surface area (Å²) in [5, 5.41) is 8.09. The third-order valence-electron chi connectivity index (χ3n) is 3.51. The molecule has 0 saturated heterocycles. The zero-order valence-electron chi connectivity index (χ0n) is 14.6. The molecule has 0 unspecified atom stereocenters. The van der Waals surface area contributed by atoms with E-state index >= 15 is 0 Å². The van der Waals surface area contributed by atoms with Crippen molar-refractivity contribution in [3.8, 4) is 0 Å². The highest BCUT2D eigenvalue weighted by Gasteiger charge is 2.13. The van der Waals surface area contributed by atoms with E-state index in [1.165, 1.54) is 0 Å². The van der Waals surface area contributed by atoms with Crippen molar-refractivity contribution in [2.45, 2.75) is 25.8 Å². The molecule has 0 spiro atoms. The second-order valence-electron chi connectivity index (χ2n) is 5.81. The summed E-state index contributed by atoms with van der Waals surface area (Å²) in [6.45, 7) is 1.98. The fourth-order valence-corrected chi connectivity index (χ4v) is 2.26. The number of nitrogens with one attached hydrogen (secondary N) is 3. The van der Waals surface area contributed by atoms with E-state index in [4.69, 9.17) is 0 Å². The van der Waals surface area contributed by atoms with Crippen molar-refractivity contribution in [2.75, 3.05) is 11.9 Å². The Morgan fingerprint density at radius 2 is 1.73 bits per heavy atom. The number of hydrogen-bond donors (Lipinski definition) is 3. The number of pyridine rings is 1. The highest BCUT2D eigenvalue weighted by Crippen LogP contribution is 2.01. The zero-order chi connectivity index (χ0) is 18.8. The van der Waals surface area contributed by atoms with E-state index < -0.39 is 0 Å². The first kappa shape index (κ1) is 19.1. The molecule has 1 heterocycles. The summed E-state index contributed by atoms with van der Waals surface area (Å²) in [4.78, 5) is 39.7. The van der Waals surface area contributed by atoms with Crippen molar-refractivity contribution >= 4 is 23.5 Å². The highest BCUT2D eigenvalue weighted by atomic mass is 16.2. The molecule has 0 aliphatic heterocycles. The molecule has 136 valence electrons. The molecule has 26 heavy (non-hydrogen) atoms. The first-order chi connectivity index (χ1) is 12.5. The Balaban J connectivity index is 1.65. The lowest BCUT2D eigenvalue weighted by Gasteiger charge is -2.14. The van der Waals surface area contributed by atoms with E-state index in [1.54, 1.807) is 55.6 Å². The van der Waals surface area contributed by atoms with Gasteiger partial charge in [0, 0.05) is 37.2 Å². The number of rotatable bonds is 8. The maximum absolute atomic E-state index is 12.0. The molecule has 3 N–H and O–H groups in total. The Hall–Kier alpha value is -3.22. The Morgan fingerprint density at radius 1 is 1.00 bits per heavy atom. The summed E-state index contributed by atoms with van der Waals surface area (Å²) in [7, 11) is 0. The minimum atomic E-state index is -0.315. The van der Waals surface area contributed by atoms with E-state index in [0.717, 1.165) is 0 Å². The molecule has 0 radical (unpaired) electrons. The molecular weight excluding hydrogens is 332 g/mol. The van der Waals surface area contributed by atoms with E-state index in [1.807, 2.05) is 6.07 Å². The second-order valence-corrected chi connectivity index (χ2v) is 5.81. The number of amides is 3. The van der Waals surface area contributed by atoms with Crippen LogP contribution in [0.4, 0.5) is 5.82 Å². The van der Waals surface area contributed by atoms with Crippen LogP contribution in [0.5, 0.6) is 0 Å².